The number of benzene rings is 2. The molecule has 0 fully saturated rings. The highest BCUT2D eigenvalue weighted by atomic mass is 19.1. The number of nitrogens with zero attached hydrogens (tertiary/aromatic N) is 2. The van der Waals surface area contributed by atoms with Crippen molar-refractivity contribution in [1.82, 2.24) is 0 Å². The van der Waals surface area contributed by atoms with E-state index >= 15 is 0 Å². The van der Waals surface area contributed by atoms with E-state index in [1.807, 2.05) is 24.3 Å². The lowest BCUT2D eigenvalue weighted by molar-refractivity contribution is 0.0870. The molecule has 1 aliphatic heterocycles. The van der Waals surface area contributed by atoms with Crippen LogP contribution in [0.4, 0.5) is 4.39 Å². The molecule has 0 bridgehead atoms. The molecule has 1 aliphatic carbocycles. The number of aryl methyl sites for hydroxylation is 1. The Morgan fingerprint density at radius 1 is 1.09 bits per heavy atom. The second kappa shape index (κ2) is 5.37. The van der Waals surface area contributed by atoms with E-state index in [0.717, 1.165) is 29.5 Å². The zero-order chi connectivity index (χ0) is 15.9. The summed E-state index contributed by atoms with van der Waals surface area (Å²) >= 11 is 0. The van der Waals surface area contributed by atoms with E-state index < -0.39 is 5.54 Å². The summed E-state index contributed by atoms with van der Waals surface area (Å²) in [5.74, 6) is -0.324. The number of fused-ring (bicyclic) bond motifs is 1. The number of carbonyl (C=O) groups is 1. The third-order valence-corrected chi connectivity index (χ3v) is 5.02. The van der Waals surface area contributed by atoms with Gasteiger partial charge in [-0.2, -0.15) is 10.2 Å². The highest BCUT2D eigenvalue weighted by molar-refractivity contribution is 6.05. The predicted octanol–water partition coefficient (Wildman–Crippen LogP) is 4.33. The van der Waals surface area contributed by atoms with Gasteiger partial charge in [0.05, 0.1) is 6.54 Å². The zero-order valence-corrected chi connectivity index (χ0v) is 12.7. The van der Waals surface area contributed by atoms with Gasteiger partial charge in [0.1, 0.15) is 5.82 Å². The average molecular weight is 308 g/mol. The molecule has 0 N–H and O–H groups in total. The number of ketones is 1. The first kappa shape index (κ1) is 14.2. The summed E-state index contributed by atoms with van der Waals surface area (Å²) in [4.78, 5) is 13.3. The van der Waals surface area contributed by atoms with E-state index in [1.54, 1.807) is 12.1 Å². The summed E-state index contributed by atoms with van der Waals surface area (Å²) in [6.07, 6.45) is 2.47. The van der Waals surface area contributed by atoms with Gasteiger partial charge in [-0.15, -0.1) is 0 Å². The van der Waals surface area contributed by atoms with Gasteiger partial charge >= 0.3 is 0 Å². The number of halogens is 1. The van der Waals surface area contributed by atoms with Crippen molar-refractivity contribution in [2.75, 3.05) is 6.54 Å². The van der Waals surface area contributed by atoms with Gasteiger partial charge in [0.2, 0.25) is 0 Å². The van der Waals surface area contributed by atoms with E-state index in [0.29, 0.717) is 13.0 Å². The minimum atomic E-state index is -0.829. The molecular weight excluding hydrogens is 291 g/mol. The van der Waals surface area contributed by atoms with Crippen LogP contribution in [0.3, 0.4) is 0 Å². The maximum Gasteiger partial charge on any atom is 0.193 e. The SMILES string of the molecule is O=C1c2ccccc2CCCC12N=NC[C@H]2c1ccc(F)cc1. The highest BCUT2D eigenvalue weighted by Gasteiger charge is 2.50. The maximum absolute atomic E-state index is 13.3. The van der Waals surface area contributed by atoms with Gasteiger partial charge in [0.25, 0.3) is 0 Å². The fourth-order valence-electron chi connectivity index (χ4n) is 3.83. The molecule has 2 aromatic carbocycles. The van der Waals surface area contributed by atoms with Crippen LogP contribution in [0.2, 0.25) is 0 Å². The van der Waals surface area contributed by atoms with Gasteiger partial charge in [-0.25, -0.2) is 4.39 Å². The molecule has 1 spiro atoms. The Morgan fingerprint density at radius 3 is 2.70 bits per heavy atom. The molecule has 4 rings (SSSR count). The normalized spacial score (nSPS) is 26.3. The van der Waals surface area contributed by atoms with Crippen LogP contribution in [-0.2, 0) is 6.42 Å². The second-order valence-electron chi connectivity index (χ2n) is 6.29. The van der Waals surface area contributed by atoms with Crippen molar-refractivity contribution in [3.8, 4) is 0 Å². The second-order valence-corrected chi connectivity index (χ2v) is 6.29. The van der Waals surface area contributed by atoms with Crippen LogP contribution in [-0.4, -0.2) is 17.9 Å². The minimum absolute atomic E-state index is 0.0566. The fraction of sp³-hybridized carbons (Fsp3) is 0.316. The van der Waals surface area contributed by atoms with Gasteiger partial charge in [-0.05, 0) is 42.5 Å². The molecule has 2 aromatic rings. The molecular formula is C19H17FN2O. The molecule has 0 amide bonds. The van der Waals surface area contributed by atoms with Gasteiger partial charge in [-0.1, -0.05) is 36.4 Å². The molecule has 2 atom stereocenters. The van der Waals surface area contributed by atoms with Gasteiger partial charge in [0, 0.05) is 11.5 Å². The fourth-order valence-corrected chi connectivity index (χ4v) is 3.83. The first-order chi connectivity index (χ1) is 11.2. The van der Waals surface area contributed by atoms with E-state index in [2.05, 4.69) is 10.2 Å². The summed E-state index contributed by atoms with van der Waals surface area (Å²) in [5, 5.41) is 8.64. The predicted molar refractivity (Wildman–Crippen MR) is 85.3 cm³/mol. The van der Waals surface area contributed by atoms with Crippen molar-refractivity contribution in [3.05, 3.63) is 71.0 Å². The standard InChI is InChI=1S/C19H17FN2O/c20-15-9-7-14(8-10-15)17-12-21-22-19(17)11-3-5-13-4-1-2-6-16(13)18(19)23/h1-2,4,6-10,17H,3,5,11-12H2/t17-,19?/m0/s1. The number of hydrogen-bond acceptors (Lipinski definition) is 3. The number of rotatable bonds is 1. The average Bonchev–Trinajstić information content (AvgIpc) is 2.94. The quantitative estimate of drug-likeness (QED) is 0.773. The molecule has 0 radical (unpaired) electrons. The number of Topliss-reactive ketones (excluding diaryl/α,β-unsaturated/α-hetero) is 1. The Labute approximate surface area is 134 Å². The van der Waals surface area contributed by atoms with Crippen LogP contribution in [0.25, 0.3) is 0 Å². The van der Waals surface area contributed by atoms with Gasteiger partial charge in [-0.3, -0.25) is 4.79 Å². The molecule has 3 nitrogen and oxygen atoms in total. The summed E-state index contributed by atoms with van der Waals surface area (Å²) in [7, 11) is 0. The van der Waals surface area contributed by atoms with Crippen LogP contribution >= 0.6 is 0 Å². The third-order valence-electron chi connectivity index (χ3n) is 5.02. The smallest absolute Gasteiger partial charge is 0.193 e. The lowest BCUT2D eigenvalue weighted by atomic mass is 9.74. The molecule has 0 aromatic heterocycles. The molecule has 23 heavy (non-hydrogen) atoms. The lowest BCUT2D eigenvalue weighted by Gasteiger charge is -2.29. The van der Waals surface area contributed by atoms with Crippen LogP contribution in [0, 0.1) is 5.82 Å². The van der Waals surface area contributed by atoms with Gasteiger partial charge in [0.15, 0.2) is 11.3 Å². The van der Waals surface area contributed by atoms with Crippen LogP contribution in [0.15, 0.2) is 58.8 Å². The van der Waals surface area contributed by atoms with E-state index in [9.17, 15) is 9.18 Å². The topological polar surface area (TPSA) is 41.8 Å². The van der Waals surface area contributed by atoms with Crippen molar-refractivity contribution in [1.29, 1.82) is 0 Å². The Bertz CT molecular complexity index is 784. The van der Waals surface area contributed by atoms with Gasteiger partial charge < -0.3 is 0 Å². The number of hydrogen-bond donors (Lipinski definition) is 0. The van der Waals surface area contributed by atoms with Crippen LogP contribution in [0.1, 0.15) is 40.2 Å². The molecule has 2 aliphatic rings. The van der Waals surface area contributed by atoms with Crippen molar-refractivity contribution >= 4 is 5.78 Å². The van der Waals surface area contributed by atoms with Crippen molar-refractivity contribution in [2.45, 2.75) is 30.7 Å². The highest BCUT2D eigenvalue weighted by Crippen LogP contribution is 2.45. The Hall–Kier alpha value is -2.36. The van der Waals surface area contributed by atoms with Crippen LogP contribution in [0.5, 0.6) is 0 Å². The minimum Gasteiger partial charge on any atom is -0.291 e. The molecule has 4 heteroatoms. The van der Waals surface area contributed by atoms with Crippen molar-refractivity contribution < 1.29 is 9.18 Å². The van der Waals surface area contributed by atoms with Crippen molar-refractivity contribution in [2.24, 2.45) is 10.2 Å². The third kappa shape index (κ3) is 2.21. The molecule has 116 valence electrons. The monoisotopic (exact) mass is 308 g/mol. The number of azo groups is 1. The zero-order valence-electron chi connectivity index (χ0n) is 12.7. The summed E-state index contributed by atoms with van der Waals surface area (Å²) in [6.45, 7) is 0.486. The first-order valence-electron chi connectivity index (χ1n) is 7.97. The largest absolute Gasteiger partial charge is 0.291 e. The lowest BCUT2D eigenvalue weighted by Crippen LogP contribution is -2.40. The maximum atomic E-state index is 13.3. The molecule has 0 saturated carbocycles. The Balaban J connectivity index is 1.80. The molecule has 1 heterocycles. The number of carbonyl (C=O) groups excluding carboxylic acids is 1. The summed E-state index contributed by atoms with van der Waals surface area (Å²) < 4.78 is 13.2. The summed E-state index contributed by atoms with van der Waals surface area (Å²) in [5.41, 5.74) is 1.96. The van der Waals surface area contributed by atoms with E-state index in [4.69, 9.17) is 0 Å². The van der Waals surface area contributed by atoms with E-state index in [1.165, 1.54) is 12.1 Å². The Kier molecular flexibility index (Phi) is 3.33. The molecule has 0 saturated heterocycles. The van der Waals surface area contributed by atoms with E-state index in [-0.39, 0.29) is 17.5 Å². The first-order valence-corrected chi connectivity index (χ1v) is 7.97. The Morgan fingerprint density at radius 2 is 1.87 bits per heavy atom. The molecule has 1 unspecified atom stereocenters. The van der Waals surface area contributed by atoms with Crippen molar-refractivity contribution in [3.63, 3.8) is 0 Å². The summed E-state index contributed by atoms with van der Waals surface area (Å²) in [6, 6.07) is 14.2. The van der Waals surface area contributed by atoms with Crippen LogP contribution < -0.4 is 0 Å².